The fraction of sp³-hybridized carbons (Fsp3) is 0. The molecule has 0 aliphatic carbocycles. The Labute approximate surface area is 50.3 Å². The minimum Gasteiger partial charge on any atom is -0.151 e. The second kappa shape index (κ2) is 1.76. The van der Waals surface area contributed by atoms with Gasteiger partial charge >= 0.3 is 0 Å². The molecule has 1 aromatic heterocycles. The Morgan fingerprint density at radius 1 is 2.00 bits per heavy atom. The Balaban J connectivity index is 3.12. The summed E-state index contributed by atoms with van der Waals surface area (Å²) in [4.78, 5) is 0. The molecule has 1 rings (SSSR count). The van der Waals surface area contributed by atoms with Gasteiger partial charge in [-0.05, 0) is 27.4 Å². The average molecular weight is 164 g/mol. The van der Waals surface area contributed by atoms with Crippen LogP contribution >= 0.6 is 27.3 Å². The van der Waals surface area contributed by atoms with E-state index >= 15 is 0 Å². The Hall–Kier alpha value is 0.180. The molecule has 0 saturated heterocycles. The van der Waals surface area contributed by atoms with Crippen molar-refractivity contribution in [2.75, 3.05) is 0 Å². The van der Waals surface area contributed by atoms with Gasteiger partial charge in [-0.25, -0.2) is 0 Å². The molecule has 0 bridgehead atoms. The van der Waals surface area contributed by atoms with Crippen LogP contribution in [0.2, 0.25) is 0 Å². The SMILES string of the molecule is [2H]c1cscc1Br. The monoisotopic (exact) mass is 163 g/mol. The molecule has 0 atom stereocenters. The lowest BCUT2D eigenvalue weighted by Crippen LogP contribution is -1.34. The summed E-state index contributed by atoms with van der Waals surface area (Å²) in [6.45, 7) is 0. The van der Waals surface area contributed by atoms with Crippen LogP contribution in [0, 0.1) is 0 Å². The van der Waals surface area contributed by atoms with Crippen LogP contribution in [0.15, 0.2) is 21.3 Å². The number of hydrogen-bond donors (Lipinski definition) is 0. The van der Waals surface area contributed by atoms with E-state index in [-0.39, 0.29) is 0 Å². The van der Waals surface area contributed by atoms with Crippen molar-refractivity contribution in [1.29, 1.82) is 0 Å². The van der Waals surface area contributed by atoms with Gasteiger partial charge in [0, 0.05) is 9.85 Å². The van der Waals surface area contributed by atoms with E-state index in [0.29, 0.717) is 6.04 Å². The van der Waals surface area contributed by atoms with Gasteiger partial charge < -0.3 is 0 Å². The maximum atomic E-state index is 7.06. The highest BCUT2D eigenvalue weighted by Crippen LogP contribution is 2.11. The molecule has 0 radical (unpaired) electrons. The van der Waals surface area contributed by atoms with Gasteiger partial charge in [0.2, 0.25) is 0 Å². The van der Waals surface area contributed by atoms with Gasteiger partial charge in [-0.15, -0.1) is 0 Å². The van der Waals surface area contributed by atoms with Gasteiger partial charge in [0.15, 0.2) is 0 Å². The first-order valence-corrected chi connectivity index (χ1v) is 3.22. The quantitative estimate of drug-likeness (QED) is 0.552. The molecule has 6 heavy (non-hydrogen) atoms. The molecule has 0 aliphatic rings. The standard InChI is InChI=1S/C4H3BrS/c5-4-1-2-6-3-4/h1-3H/i1D. The third-order valence-electron chi connectivity index (χ3n) is 0.436. The van der Waals surface area contributed by atoms with Crippen LogP contribution in [-0.2, 0) is 0 Å². The van der Waals surface area contributed by atoms with E-state index in [1.165, 1.54) is 11.3 Å². The summed E-state index contributed by atoms with van der Waals surface area (Å²) in [7, 11) is 0. The third-order valence-corrected chi connectivity index (χ3v) is 1.82. The molecule has 2 heteroatoms. The summed E-state index contributed by atoms with van der Waals surface area (Å²) in [5.74, 6) is 0. The molecule has 0 fully saturated rings. The predicted octanol–water partition coefficient (Wildman–Crippen LogP) is 2.51. The predicted molar refractivity (Wildman–Crippen MR) is 32.0 cm³/mol. The summed E-state index contributed by atoms with van der Waals surface area (Å²) in [6, 6.07) is 0.574. The number of thiophene rings is 1. The topological polar surface area (TPSA) is 0 Å². The highest BCUT2D eigenvalue weighted by Gasteiger charge is 1.77. The van der Waals surface area contributed by atoms with Crippen LogP contribution in [0.25, 0.3) is 0 Å². The van der Waals surface area contributed by atoms with Gasteiger partial charge in [0.05, 0.1) is 1.37 Å². The highest BCUT2D eigenvalue weighted by atomic mass is 79.9. The van der Waals surface area contributed by atoms with Gasteiger partial charge in [0.1, 0.15) is 0 Å². The molecule has 0 aromatic carbocycles. The Bertz CT molecular complexity index is 144. The van der Waals surface area contributed by atoms with Crippen molar-refractivity contribution in [1.82, 2.24) is 0 Å². The van der Waals surface area contributed by atoms with Crippen molar-refractivity contribution in [3.63, 3.8) is 0 Å². The van der Waals surface area contributed by atoms with E-state index in [9.17, 15) is 0 Å². The molecular weight excluding hydrogens is 160 g/mol. The van der Waals surface area contributed by atoms with Crippen LogP contribution in [0.5, 0.6) is 0 Å². The summed E-state index contributed by atoms with van der Waals surface area (Å²) >= 11 is 4.72. The zero-order valence-corrected chi connectivity index (χ0v) is 5.34. The average Bonchev–Trinajstić information content (AvgIpc) is 1.91. The van der Waals surface area contributed by atoms with Gasteiger partial charge in [-0.3, -0.25) is 0 Å². The van der Waals surface area contributed by atoms with E-state index in [4.69, 9.17) is 1.37 Å². The van der Waals surface area contributed by atoms with Crippen molar-refractivity contribution < 1.29 is 1.37 Å². The lowest BCUT2D eigenvalue weighted by Gasteiger charge is -1.62. The first-order chi connectivity index (χ1) is 3.30. The second-order valence-corrected chi connectivity index (χ2v) is 2.46. The van der Waals surface area contributed by atoms with Gasteiger partial charge in [-0.2, -0.15) is 11.3 Å². The summed E-state index contributed by atoms with van der Waals surface area (Å²) in [5, 5.41) is 3.67. The van der Waals surface area contributed by atoms with Crippen molar-refractivity contribution in [3.05, 3.63) is 21.3 Å². The minimum absolute atomic E-state index is 0.574. The highest BCUT2D eigenvalue weighted by molar-refractivity contribution is 9.10. The second-order valence-electron chi connectivity index (χ2n) is 0.864. The first kappa shape index (κ1) is 3.22. The molecule has 0 saturated carbocycles. The third kappa shape index (κ3) is 0.820. The van der Waals surface area contributed by atoms with Gasteiger partial charge in [0.25, 0.3) is 0 Å². The van der Waals surface area contributed by atoms with E-state index in [1.54, 1.807) is 5.38 Å². The van der Waals surface area contributed by atoms with Crippen molar-refractivity contribution in [2.45, 2.75) is 0 Å². The maximum absolute atomic E-state index is 7.06. The molecule has 32 valence electrons. The number of rotatable bonds is 0. The lowest BCUT2D eigenvalue weighted by atomic mass is 10.7. The number of halogens is 1. The molecule has 0 nitrogen and oxygen atoms in total. The Kier molecular flexibility index (Phi) is 0.941. The van der Waals surface area contributed by atoms with E-state index in [2.05, 4.69) is 15.9 Å². The van der Waals surface area contributed by atoms with Crippen molar-refractivity contribution in [3.8, 4) is 0 Å². The van der Waals surface area contributed by atoms with Crippen LogP contribution in [-0.4, -0.2) is 0 Å². The van der Waals surface area contributed by atoms with E-state index in [1.807, 2.05) is 5.38 Å². The lowest BCUT2D eigenvalue weighted by molar-refractivity contribution is 1.90. The molecule has 0 unspecified atom stereocenters. The molecule has 0 amide bonds. The summed E-state index contributed by atoms with van der Waals surface area (Å²) < 4.78 is 7.95. The largest absolute Gasteiger partial charge is 0.151 e. The van der Waals surface area contributed by atoms with E-state index < -0.39 is 0 Å². The fourth-order valence-electron chi connectivity index (χ4n) is 0.218. The van der Waals surface area contributed by atoms with Crippen LogP contribution in [0.3, 0.4) is 0 Å². The van der Waals surface area contributed by atoms with Gasteiger partial charge in [-0.1, -0.05) is 0 Å². The van der Waals surface area contributed by atoms with Crippen molar-refractivity contribution >= 4 is 27.3 Å². The summed E-state index contributed by atoms with van der Waals surface area (Å²) in [6.07, 6.45) is 0. The molecule has 1 heterocycles. The zero-order valence-electron chi connectivity index (χ0n) is 3.94. The molecule has 0 spiro atoms. The maximum Gasteiger partial charge on any atom is 0.0643 e. The minimum atomic E-state index is 0.574. The van der Waals surface area contributed by atoms with Crippen LogP contribution < -0.4 is 0 Å². The normalized spacial score (nSPS) is 11.2. The molecule has 0 aliphatic heterocycles. The van der Waals surface area contributed by atoms with Crippen LogP contribution in [0.4, 0.5) is 0 Å². The Morgan fingerprint density at radius 2 is 2.83 bits per heavy atom. The molecule has 1 aromatic rings. The molecule has 0 N–H and O–H groups in total. The smallest absolute Gasteiger partial charge is 0.0643 e. The van der Waals surface area contributed by atoms with Crippen molar-refractivity contribution in [2.24, 2.45) is 0 Å². The van der Waals surface area contributed by atoms with Crippen LogP contribution in [0.1, 0.15) is 1.37 Å². The Morgan fingerprint density at radius 3 is 3.00 bits per heavy atom. The summed E-state index contributed by atoms with van der Waals surface area (Å²) in [5.41, 5.74) is 0. The van der Waals surface area contributed by atoms with E-state index in [0.717, 1.165) is 4.47 Å². The zero-order chi connectivity index (χ0) is 5.28. The molecular formula is C4H3BrS. The first-order valence-electron chi connectivity index (χ1n) is 1.99. The fourth-order valence-corrected chi connectivity index (χ4v) is 1.26. The number of hydrogen-bond acceptors (Lipinski definition) is 1.